The van der Waals surface area contributed by atoms with Gasteiger partial charge in [-0.3, -0.25) is 9.59 Å². The zero-order valence-electron chi connectivity index (χ0n) is 12.0. The van der Waals surface area contributed by atoms with E-state index in [0.29, 0.717) is 12.2 Å². The summed E-state index contributed by atoms with van der Waals surface area (Å²) in [4.78, 5) is 24.9. The van der Waals surface area contributed by atoms with E-state index in [2.05, 4.69) is 5.16 Å². The number of benzene rings is 1. The summed E-state index contributed by atoms with van der Waals surface area (Å²) >= 11 is 0. The number of fused-ring (bicyclic) bond motifs is 1. The maximum atomic E-state index is 12.6. The molecule has 110 valence electrons. The fourth-order valence-corrected chi connectivity index (χ4v) is 2.31. The van der Waals surface area contributed by atoms with E-state index in [-0.39, 0.29) is 33.9 Å². The maximum absolute atomic E-state index is 12.6. The number of allylic oxidation sites excluding steroid dienone is 2. The monoisotopic (exact) mass is 289 g/mol. The molecule has 2 rings (SSSR count). The predicted molar refractivity (Wildman–Crippen MR) is 75.8 cm³/mol. The van der Waals surface area contributed by atoms with Crippen LogP contribution in [-0.2, 0) is 0 Å². The van der Waals surface area contributed by atoms with Gasteiger partial charge in [0.05, 0.1) is 36.6 Å². The molecule has 0 radical (unpaired) electrons. The van der Waals surface area contributed by atoms with Crippen molar-refractivity contribution in [2.75, 3.05) is 14.2 Å². The van der Waals surface area contributed by atoms with Gasteiger partial charge in [0.25, 0.3) is 0 Å². The van der Waals surface area contributed by atoms with Gasteiger partial charge in [0, 0.05) is 0 Å². The summed E-state index contributed by atoms with van der Waals surface area (Å²) in [6, 6.07) is 3.13. The number of nitrogens with zero attached hydrogens (tertiary/aromatic N) is 1. The molecule has 0 aliphatic heterocycles. The SMILES string of the molecule is CC/C(=N\O)C1=CC(=O)c2c(OC)ccc(OC)c2C1=O. The second kappa shape index (κ2) is 5.78. The molecule has 0 fully saturated rings. The molecule has 6 nitrogen and oxygen atoms in total. The number of hydrogen-bond donors (Lipinski definition) is 1. The summed E-state index contributed by atoms with van der Waals surface area (Å²) in [7, 11) is 2.84. The number of carbonyl (C=O) groups excluding carboxylic acids is 2. The summed E-state index contributed by atoms with van der Waals surface area (Å²) in [5.41, 5.74) is 0.529. The number of methoxy groups -OCH3 is 2. The first-order valence-corrected chi connectivity index (χ1v) is 6.36. The van der Waals surface area contributed by atoms with Gasteiger partial charge in [0.1, 0.15) is 11.5 Å². The average molecular weight is 289 g/mol. The van der Waals surface area contributed by atoms with E-state index >= 15 is 0 Å². The largest absolute Gasteiger partial charge is 0.496 e. The minimum absolute atomic E-state index is 0.0732. The minimum atomic E-state index is -0.421. The molecule has 0 saturated heterocycles. The van der Waals surface area contributed by atoms with Crippen LogP contribution >= 0.6 is 0 Å². The van der Waals surface area contributed by atoms with Crippen LogP contribution in [0.2, 0.25) is 0 Å². The highest BCUT2D eigenvalue weighted by Gasteiger charge is 2.33. The van der Waals surface area contributed by atoms with Crippen molar-refractivity contribution in [1.82, 2.24) is 0 Å². The highest BCUT2D eigenvalue weighted by molar-refractivity contribution is 6.37. The van der Waals surface area contributed by atoms with Gasteiger partial charge in [-0.2, -0.15) is 0 Å². The number of hydrogen-bond acceptors (Lipinski definition) is 6. The molecule has 0 spiro atoms. The third kappa shape index (κ3) is 2.29. The van der Waals surface area contributed by atoms with E-state index < -0.39 is 5.78 Å². The molecule has 0 heterocycles. The van der Waals surface area contributed by atoms with Crippen LogP contribution < -0.4 is 9.47 Å². The second-order valence-electron chi connectivity index (χ2n) is 4.37. The Kier molecular flexibility index (Phi) is 4.07. The Labute approximate surface area is 121 Å². The molecule has 1 N–H and O–H groups in total. The molecule has 21 heavy (non-hydrogen) atoms. The normalized spacial score (nSPS) is 14.6. The molecule has 0 amide bonds. The van der Waals surface area contributed by atoms with E-state index in [4.69, 9.17) is 14.7 Å². The van der Waals surface area contributed by atoms with E-state index in [1.807, 2.05) is 0 Å². The Balaban J connectivity index is 2.72. The Morgan fingerprint density at radius 2 is 1.71 bits per heavy atom. The number of ketones is 2. The summed E-state index contributed by atoms with van der Waals surface area (Å²) < 4.78 is 10.3. The van der Waals surface area contributed by atoms with Crippen molar-refractivity contribution in [2.45, 2.75) is 13.3 Å². The zero-order valence-corrected chi connectivity index (χ0v) is 12.0. The first-order valence-electron chi connectivity index (χ1n) is 6.36. The van der Waals surface area contributed by atoms with Crippen LogP contribution in [0.3, 0.4) is 0 Å². The standard InChI is InChI=1S/C15H15NO5/c1-4-9(16-19)8-7-10(17)13-11(20-2)5-6-12(21-3)14(13)15(8)18/h5-7,19H,4H2,1-3H3/b16-9+. The molecule has 1 aliphatic rings. The topological polar surface area (TPSA) is 85.2 Å². The Hall–Kier alpha value is -2.63. The smallest absolute Gasteiger partial charge is 0.199 e. The van der Waals surface area contributed by atoms with E-state index in [0.717, 1.165) is 0 Å². The van der Waals surface area contributed by atoms with E-state index in [1.54, 1.807) is 19.1 Å². The molecule has 0 aromatic heterocycles. The summed E-state index contributed by atoms with van der Waals surface area (Å²) in [5.74, 6) is -0.221. The van der Waals surface area contributed by atoms with Crippen LogP contribution in [0.1, 0.15) is 34.1 Å². The number of rotatable bonds is 4. The fraction of sp³-hybridized carbons (Fsp3) is 0.267. The van der Waals surface area contributed by atoms with Gasteiger partial charge >= 0.3 is 0 Å². The summed E-state index contributed by atoms with van der Waals surface area (Å²) in [6.07, 6.45) is 1.49. The van der Waals surface area contributed by atoms with Gasteiger partial charge in [0.2, 0.25) is 0 Å². The highest BCUT2D eigenvalue weighted by Crippen LogP contribution is 2.36. The average Bonchev–Trinajstić information content (AvgIpc) is 2.51. The lowest BCUT2D eigenvalue weighted by Gasteiger charge is -2.19. The second-order valence-corrected chi connectivity index (χ2v) is 4.37. The first-order chi connectivity index (χ1) is 10.1. The van der Waals surface area contributed by atoms with Crippen molar-refractivity contribution in [3.8, 4) is 11.5 Å². The molecular weight excluding hydrogens is 274 g/mol. The van der Waals surface area contributed by atoms with E-state index in [9.17, 15) is 9.59 Å². The van der Waals surface area contributed by atoms with Crippen LogP contribution in [0, 0.1) is 0 Å². The zero-order chi connectivity index (χ0) is 15.6. The Morgan fingerprint density at radius 1 is 1.14 bits per heavy atom. The number of carbonyl (C=O) groups is 2. The summed E-state index contributed by atoms with van der Waals surface area (Å²) in [6.45, 7) is 1.73. The lowest BCUT2D eigenvalue weighted by atomic mass is 9.85. The van der Waals surface area contributed by atoms with Crippen LogP contribution in [0.15, 0.2) is 28.9 Å². The molecule has 0 bridgehead atoms. The lowest BCUT2D eigenvalue weighted by Crippen LogP contribution is -2.23. The van der Waals surface area contributed by atoms with Crippen LogP contribution in [0.4, 0.5) is 0 Å². The third-order valence-electron chi connectivity index (χ3n) is 3.33. The molecular formula is C15H15NO5. The molecule has 1 aromatic rings. The van der Waals surface area contributed by atoms with Crippen molar-refractivity contribution in [3.63, 3.8) is 0 Å². The molecule has 0 unspecified atom stereocenters. The number of ether oxygens (including phenoxy) is 2. The Morgan fingerprint density at radius 3 is 2.19 bits per heavy atom. The third-order valence-corrected chi connectivity index (χ3v) is 3.33. The Bertz CT molecular complexity index is 673. The van der Waals surface area contributed by atoms with E-state index in [1.165, 1.54) is 20.3 Å². The van der Waals surface area contributed by atoms with Crippen LogP contribution in [-0.4, -0.2) is 36.7 Å². The van der Waals surface area contributed by atoms with Gasteiger partial charge in [-0.25, -0.2) is 0 Å². The van der Waals surface area contributed by atoms with Gasteiger partial charge < -0.3 is 14.7 Å². The van der Waals surface area contributed by atoms with Crippen molar-refractivity contribution in [3.05, 3.63) is 34.9 Å². The lowest BCUT2D eigenvalue weighted by molar-refractivity contribution is 0.0983. The number of Topliss-reactive ketones (excluding diaryl/α,β-unsaturated/α-hetero) is 1. The fourth-order valence-electron chi connectivity index (χ4n) is 2.31. The summed E-state index contributed by atoms with van der Waals surface area (Å²) in [5, 5.41) is 12.1. The highest BCUT2D eigenvalue weighted by atomic mass is 16.5. The molecule has 0 saturated carbocycles. The van der Waals surface area contributed by atoms with Gasteiger partial charge in [-0.15, -0.1) is 0 Å². The molecule has 1 aliphatic carbocycles. The molecule has 6 heteroatoms. The molecule has 1 aromatic carbocycles. The van der Waals surface area contributed by atoms with Crippen LogP contribution in [0.25, 0.3) is 0 Å². The van der Waals surface area contributed by atoms with Gasteiger partial charge in [-0.1, -0.05) is 12.1 Å². The maximum Gasteiger partial charge on any atom is 0.199 e. The molecule has 0 atom stereocenters. The predicted octanol–water partition coefficient (Wildman–Crippen LogP) is 2.25. The number of oxime groups is 1. The van der Waals surface area contributed by atoms with Crippen molar-refractivity contribution < 1.29 is 24.3 Å². The van der Waals surface area contributed by atoms with Gasteiger partial charge in [0.15, 0.2) is 11.6 Å². The minimum Gasteiger partial charge on any atom is -0.496 e. The quantitative estimate of drug-likeness (QED) is 0.522. The first kappa shape index (κ1) is 14.8. The van der Waals surface area contributed by atoms with Crippen LogP contribution in [0.5, 0.6) is 11.5 Å². The van der Waals surface area contributed by atoms with Crippen molar-refractivity contribution in [2.24, 2.45) is 5.16 Å². The van der Waals surface area contributed by atoms with Gasteiger partial charge in [-0.05, 0) is 24.6 Å². The van der Waals surface area contributed by atoms with Crippen molar-refractivity contribution >= 4 is 17.3 Å². The van der Waals surface area contributed by atoms with Crippen molar-refractivity contribution in [1.29, 1.82) is 0 Å².